The van der Waals surface area contributed by atoms with Crippen LogP contribution in [0.1, 0.15) is 22.7 Å². The van der Waals surface area contributed by atoms with Crippen molar-refractivity contribution in [3.63, 3.8) is 0 Å². The molecule has 1 aliphatic heterocycles. The van der Waals surface area contributed by atoms with Crippen molar-refractivity contribution >= 4 is 23.6 Å². The lowest BCUT2D eigenvalue weighted by atomic mass is 10.2. The van der Waals surface area contributed by atoms with E-state index >= 15 is 0 Å². The zero-order chi connectivity index (χ0) is 15.4. The number of nitrogens with one attached hydrogen (secondary N) is 2. The molecule has 22 heavy (non-hydrogen) atoms. The number of hydrogen-bond acceptors (Lipinski definition) is 4. The zero-order valence-corrected chi connectivity index (χ0v) is 12.7. The molecule has 2 heterocycles. The second-order valence-electron chi connectivity index (χ2n) is 4.97. The van der Waals surface area contributed by atoms with Crippen LogP contribution in [0.25, 0.3) is 0 Å². The van der Waals surface area contributed by atoms with Crippen molar-refractivity contribution in [3.05, 3.63) is 54.0 Å². The highest BCUT2D eigenvalue weighted by Crippen LogP contribution is 2.23. The van der Waals surface area contributed by atoms with E-state index < -0.39 is 6.04 Å². The van der Waals surface area contributed by atoms with Gasteiger partial charge < -0.3 is 15.1 Å². The summed E-state index contributed by atoms with van der Waals surface area (Å²) in [6.07, 6.45) is 0.613. The van der Waals surface area contributed by atoms with Crippen molar-refractivity contribution in [2.75, 3.05) is 6.54 Å². The molecule has 1 aromatic carbocycles. The maximum atomic E-state index is 12.0. The molecule has 3 rings (SSSR count). The molecule has 1 atom stereocenters. The fraction of sp³-hybridized carbons (Fsp3) is 0.250. The van der Waals surface area contributed by atoms with Gasteiger partial charge in [-0.3, -0.25) is 9.59 Å². The molecule has 1 aliphatic rings. The third-order valence-corrected chi connectivity index (χ3v) is 4.40. The second kappa shape index (κ2) is 6.70. The van der Waals surface area contributed by atoms with E-state index in [1.54, 1.807) is 23.9 Å². The van der Waals surface area contributed by atoms with E-state index in [9.17, 15) is 9.59 Å². The largest absolute Gasteiger partial charge is 0.455 e. The number of furan rings is 1. The molecular formula is C16H16N2O3S. The first-order valence-corrected chi connectivity index (χ1v) is 8.06. The van der Waals surface area contributed by atoms with Crippen LogP contribution in [0.5, 0.6) is 0 Å². The Morgan fingerprint density at radius 2 is 2.09 bits per heavy atom. The van der Waals surface area contributed by atoms with Crippen LogP contribution in [0.3, 0.4) is 0 Å². The molecule has 0 spiro atoms. The number of carbonyl (C=O) groups is 2. The van der Waals surface area contributed by atoms with E-state index in [2.05, 4.69) is 10.6 Å². The molecule has 5 nitrogen and oxygen atoms in total. The molecule has 1 aromatic heterocycles. The summed E-state index contributed by atoms with van der Waals surface area (Å²) in [7, 11) is 0. The van der Waals surface area contributed by atoms with Crippen LogP contribution in [0, 0.1) is 0 Å². The summed E-state index contributed by atoms with van der Waals surface area (Å²) in [4.78, 5) is 24.6. The highest BCUT2D eigenvalue weighted by atomic mass is 32.2. The smallest absolute Gasteiger partial charge is 0.287 e. The van der Waals surface area contributed by atoms with E-state index in [1.807, 2.05) is 30.3 Å². The van der Waals surface area contributed by atoms with Crippen LogP contribution in [0.2, 0.25) is 0 Å². The molecule has 0 bridgehead atoms. The number of thioether (sulfide) groups is 1. The van der Waals surface area contributed by atoms with Gasteiger partial charge in [0.1, 0.15) is 11.8 Å². The number of hydrogen-bond donors (Lipinski definition) is 2. The summed E-state index contributed by atoms with van der Waals surface area (Å²) >= 11 is 1.64. The molecule has 6 heteroatoms. The lowest BCUT2D eigenvalue weighted by Gasteiger charge is -2.07. The van der Waals surface area contributed by atoms with Crippen LogP contribution in [0.4, 0.5) is 0 Å². The number of amides is 2. The Kier molecular flexibility index (Phi) is 4.48. The molecule has 1 saturated heterocycles. The molecule has 2 aromatic rings. The van der Waals surface area contributed by atoms with E-state index in [0.29, 0.717) is 18.7 Å². The third-order valence-electron chi connectivity index (χ3n) is 3.36. The fourth-order valence-corrected chi connectivity index (χ4v) is 3.02. The van der Waals surface area contributed by atoms with Gasteiger partial charge in [0, 0.05) is 11.4 Å². The topological polar surface area (TPSA) is 71.3 Å². The minimum absolute atomic E-state index is 0.139. The van der Waals surface area contributed by atoms with E-state index in [0.717, 1.165) is 10.7 Å². The minimum atomic E-state index is -0.459. The predicted molar refractivity (Wildman–Crippen MR) is 83.6 cm³/mol. The molecule has 0 saturated carbocycles. The molecule has 0 unspecified atom stereocenters. The lowest BCUT2D eigenvalue weighted by Crippen LogP contribution is -2.39. The van der Waals surface area contributed by atoms with Gasteiger partial charge in [-0.15, -0.1) is 11.8 Å². The van der Waals surface area contributed by atoms with Gasteiger partial charge in [-0.25, -0.2) is 0 Å². The molecule has 114 valence electrons. The summed E-state index contributed by atoms with van der Waals surface area (Å²) < 4.78 is 5.55. The number of benzene rings is 1. The summed E-state index contributed by atoms with van der Waals surface area (Å²) in [6.45, 7) is 0.598. The summed E-state index contributed by atoms with van der Waals surface area (Å²) in [5, 5.41) is 5.36. The molecular weight excluding hydrogens is 300 g/mol. The fourth-order valence-electron chi connectivity index (χ4n) is 2.21. The van der Waals surface area contributed by atoms with Gasteiger partial charge in [-0.2, -0.15) is 0 Å². The van der Waals surface area contributed by atoms with Gasteiger partial charge >= 0.3 is 0 Å². The second-order valence-corrected chi connectivity index (χ2v) is 6.02. The maximum absolute atomic E-state index is 12.0. The van der Waals surface area contributed by atoms with Crippen LogP contribution in [-0.4, -0.2) is 24.4 Å². The van der Waals surface area contributed by atoms with E-state index in [-0.39, 0.29) is 17.6 Å². The van der Waals surface area contributed by atoms with Crippen molar-refractivity contribution in [1.82, 2.24) is 10.6 Å². The number of carbonyl (C=O) groups excluding carboxylic acids is 2. The van der Waals surface area contributed by atoms with Crippen molar-refractivity contribution in [1.29, 1.82) is 0 Å². The predicted octanol–water partition coefficient (Wildman–Crippen LogP) is 2.19. The first kappa shape index (κ1) is 14.7. The molecule has 2 N–H and O–H groups in total. The quantitative estimate of drug-likeness (QED) is 0.830. The Morgan fingerprint density at radius 1 is 1.27 bits per heavy atom. The highest BCUT2D eigenvalue weighted by molar-refractivity contribution is 7.98. The van der Waals surface area contributed by atoms with E-state index in [4.69, 9.17) is 4.42 Å². The van der Waals surface area contributed by atoms with Gasteiger partial charge in [0.2, 0.25) is 5.91 Å². The van der Waals surface area contributed by atoms with Crippen LogP contribution >= 0.6 is 11.8 Å². The monoisotopic (exact) mass is 316 g/mol. The summed E-state index contributed by atoms with van der Waals surface area (Å²) in [6, 6.07) is 13.0. The Morgan fingerprint density at radius 3 is 2.82 bits per heavy atom. The SMILES string of the molecule is O=C(N[C@H]1CCNC1=O)c1ccc(CSc2ccccc2)o1. The van der Waals surface area contributed by atoms with Crippen molar-refractivity contribution in [3.8, 4) is 0 Å². The van der Waals surface area contributed by atoms with Crippen molar-refractivity contribution in [2.24, 2.45) is 0 Å². The first-order valence-electron chi connectivity index (χ1n) is 7.07. The summed E-state index contributed by atoms with van der Waals surface area (Å²) in [5.41, 5.74) is 0. The summed E-state index contributed by atoms with van der Waals surface area (Å²) in [5.74, 6) is 1.14. The third kappa shape index (κ3) is 3.51. The molecule has 1 fully saturated rings. The minimum Gasteiger partial charge on any atom is -0.455 e. The van der Waals surface area contributed by atoms with Gasteiger partial charge in [0.25, 0.3) is 5.91 Å². The normalized spacial score (nSPS) is 17.3. The average Bonchev–Trinajstić information content (AvgIpc) is 3.16. The first-order chi connectivity index (χ1) is 10.7. The van der Waals surface area contributed by atoms with Gasteiger partial charge in [-0.05, 0) is 30.7 Å². The Labute approximate surface area is 132 Å². The number of rotatable bonds is 5. The Balaban J connectivity index is 1.56. The maximum Gasteiger partial charge on any atom is 0.287 e. The van der Waals surface area contributed by atoms with Gasteiger partial charge in [0.15, 0.2) is 5.76 Å². The van der Waals surface area contributed by atoms with Crippen LogP contribution < -0.4 is 10.6 Å². The lowest BCUT2D eigenvalue weighted by molar-refractivity contribution is -0.120. The van der Waals surface area contributed by atoms with Gasteiger partial charge in [-0.1, -0.05) is 18.2 Å². The van der Waals surface area contributed by atoms with Gasteiger partial charge in [0.05, 0.1) is 5.75 Å². The molecule has 0 radical (unpaired) electrons. The average molecular weight is 316 g/mol. The van der Waals surface area contributed by atoms with Crippen LogP contribution in [0.15, 0.2) is 51.8 Å². The standard InChI is InChI=1S/C16H16N2O3S/c19-15-13(8-9-17-15)18-16(20)14-7-6-11(21-14)10-22-12-4-2-1-3-5-12/h1-7,13H,8-10H2,(H,17,19)(H,18,20)/t13-/m0/s1. The zero-order valence-electron chi connectivity index (χ0n) is 11.9. The Hall–Kier alpha value is -2.21. The highest BCUT2D eigenvalue weighted by Gasteiger charge is 2.26. The van der Waals surface area contributed by atoms with E-state index in [1.165, 1.54) is 0 Å². The van der Waals surface area contributed by atoms with Crippen LogP contribution in [-0.2, 0) is 10.5 Å². The Bertz CT molecular complexity index is 669. The van der Waals surface area contributed by atoms with Crippen molar-refractivity contribution in [2.45, 2.75) is 23.1 Å². The molecule has 2 amide bonds. The molecule has 0 aliphatic carbocycles. The van der Waals surface area contributed by atoms with Crippen molar-refractivity contribution < 1.29 is 14.0 Å².